The van der Waals surface area contributed by atoms with Crippen molar-refractivity contribution in [3.63, 3.8) is 0 Å². The molecule has 2 heterocycles. The first-order valence-corrected chi connectivity index (χ1v) is 14.6. The van der Waals surface area contributed by atoms with Crippen molar-refractivity contribution >= 4 is 41.1 Å². The molecule has 1 unspecified atom stereocenters. The third-order valence-electron chi connectivity index (χ3n) is 6.27. The van der Waals surface area contributed by atoms with E-state index in [1.807, 2.05) is 50.3 Å². The summed E-state index contributed by atoms with van der Waals surface area (Å²) in [5.74, 6) is 1.15. The Labute approximate surface area is 240 Å². The first kappa shape index (κ1) is 29.3. The van der Waals surface area contributed by atoms with Gasteiger partial charge in [0.05, 0.1) is 42.7 Å². The molecule has 4 rings (SSSR count). The largest absolute Gasteiger partial charge is 0.494 e. The minimum absolute atomic E-state index is 0.200. The summed E-state index contributed by atoms with van der Waals surface area (Å²) in [5.41, 5.74) is 2.17. The first-order valence-electron chi connectivity index (χ1n) is 13.7. The minimum atomic E-state index is -0.550. The second-order valence-corrected chi connectivity index (χ2v) is 10.2. The number of amides is 1. The van der Waals surface area contributed by atoms with E-state index < -0.39 is 11.5 Å². The molecule has 1 fully saturated rings. The summed E-state index contributed by atoms with van der Waals surface area (Å²) in [6, 6.07) is 13.1. The van der Waals surface area contributed by atoms with Gasteiger partial charge in [0.25, 0.3) is 5.91 Å². The van der Waals surface area contributed by atoms with Gasteiger partial charge in [-0.05, 0) is 76.1 Å². The van der Waals surface area contributed by atoms with E-state index in [1.54, 1.807) is 30.9 Å². The molecule has 2 aliphatic rings. The second-order valence-electron chi connectivity index (χ2n) is 9.09. The van der Waals surface area contributed by atoms with Crippen LogP contribution in [0.3, 0.4) is 0 Å². The fraction of sp³-hybridized carbons (Fsp3) is 0.387. The number of ether oxygens (including phenoxy) is 4. The number of rotatable bonds is 12. The van der Waals surface area contributed by atoms with Gasteiger partial charge in [0, 0.05) is 5.56 Å². The SMILES string of the molecule is CCCCOc1ccc(/C=C2\SC3N=C(C)C(C(=O)OCC)=C(c4ccc(OCC)c(OCC)c4)N3C2=O)cc1. The fourth-order valence-corrected chi connectivity index (χ4v) is 5.57. The molecule has 0 bridgehead atoms. The molecule has 0 saturated carbocycles. The number of nitrogens with zero attached hydrogens (tertiary/aromatic N) is 2. The normalized spacial score (nSPS) is 17.6. The summed E-state index contributed by atoms with van der Waals surface area (Å²) in [7, 11) is 0. The molecule has 0 aromatic heterocycles. The highest BCUT2D eigenvalue weighted by molar-refractivity contribution is 8.05. The average molecular weight is 565 g/mol. The molecule has 2 aromatic rings. The van der Waals surface area contributed by atoms with Crippen molar-refractivity contribution in [3.05, 3.63) is 64.1 Å². The van der Waals surface area contributed by atoms with Gasteiger partial charge in [-0.15, -0.1) is 0 Å². The van der Waals surface area contributed by atoms with Crippen LogP contribution in [0.15, 0.2) is 57.9 Å². The van der Waals surface area contributed by atoms with Crippen LogP contribution in [-0.4, -0.2) is 54.4 Å². The van der Waals surface area contributed by atoms with E-state index in [2.05, 4.69) is 6.92 Å². The molecule has 0 N–H and O–H groups in total. The molecule has 212 valence electrons. The summed E-state index contributed by atoms with van der Waals surface area (Å²) in [5, 5.41) is 0. The highest BCUT2D eigenvalue weighted by Crippen LogP contribution is 2.46. The molecule has 0 spiro atoms. The molecule has 0 radical (unpaired) electrons. The first-order chi connectivity index (χ1) is 19.4. The van der Waals surface area contributed by atoms with Crippen LogP contribution in [0.5, 0.6) is 17.2 Å². The van der Waals surface area contributed by atoms with Crippen molar-refractivity contribution in [3.8, 4) is 17.2 Å². The molecule has 40 heavy (non-hydrogen) atoms. The number of unbranched alkanes of at least 4 members (excludes halogenated alkanes) is 1. The molecular formula is C31H36N2O6S. The Morgan fingerprint density at radius 2 is 1.70 bits per heavy atom. The Kier molecular flexibility index (Phi) is 9.93. The van der Waals surface area contributed by atoms with Gasteiger partial charge in [-0.2, -0.15) is 0 Å². The average Bonchev–Trinajstić information content (AvgIpc) is 3.24. The lowest BCUT2D eigenvalue weighted by molar-refractivity contribution is -0.137. The van der Waals surface area contributed by atoms with Crippen LogP contribution < -0.4 is 14.2 Å². The predicted molar refractivity (Wildman–Crippen MR) is 158 cm³/mol. The summed E-state index contributed by atoms with van der Waals surface area (Å²) in [6.45, 7) is 11.2. The number of aliphatic imine (C=N–C) groups is 1. The zero-order valence-corrected chi connectivity index (χ0v) is 24.5. The molecule has 1 saturated heterocycles. The fourth-order valence-electron chi connectivity index (χ4n) is 4.43. The van der Waals surface area contributed by atoms with E-state index in [9.17, 15) is 9.59 Å². The predicted octanol–water partition coefficient (Wildman–Crippen LogP) is 6.31. The third kappa shape index (κ3) is 6.36. The van der Waals surface area contributed by atoms with E-state index in [0.717, 1.165) is 24.2 Å². The smallest absolute Gasteiger partial charge is 0.342 e. The Morgan fingerprint density at radius 1 is 0.975 bits per heavy atom. The Hall–Kier alpha value is -3.72. The van der Waals surface area contributed by atoms with Crippen LogP contribution in [0.1, 0.15) is 58.6 Å². The second kappa shape index (κ2) is 13.6. The number of carbonyl (C=O) groups is 2. The molecule has 1 atom stereocenters. The van der Waals surface area contributed by atoms with Gasteiger partial charge in [0.1, 0.15) is 11.3 Å². The summed E-state index contributed by atoms with van der Waals surface area (Å²) < 4.78 is 22.7. The highest BCUT2D eigenvalue weighted by atomic mass is 32.2. The summed E-state index contributed by atoms with van der Waals surface area (Å²) in [4.78, 5) is 33.9. The highest BCUT2D eigenvalue weighted by Gasteiger charge is 2.44. The van der Waals surface area contributed by atoms with Crippen LogP contribution in [0.2, 0.25) is 0 Å². The van der Waals surface area contributed by atoms with Gasteiger partial charge in [0.2, 0.25) is 0 Å². The number of esters is 1. The van der Waals surface area contributed by atoms with Gasteiger partial charge in [-0.1, -0.05) is 37.2 Å². The topological polar surface area (TPSA) is 86.7 Å². The minimum Gasteiger partial charge on any atom is -0.494 e. The zero-order valence-electron chi connectivity index (χ0n) is 23.7. The Morgan fingerprint density at radius 3 is 2.38 bits per heavy atom. The van der Waals surface area contributed by atoms with Gasteiger partial charge in [-0.3, -0.25) is 14.7 Å². The third-order valence-corrected chi connectivity index (χ3v) is 7.34. The van der Waals surface area contributed by atoms with E-state index in [4.69, 9.17) is 23.9 Å². The van der Waals surface area contributed by atoms with Crippen LogP contribution in [0.4, 0.5) is 0 Å². The quantitative estimate of drug-likeness (QED) is 0.170. The molecule has 2 aromatic carbocycles. The Bertz CT molecular complexity index is 1330. The van der Waals surface area contributed by atoms with E-state index in [1.165, 1.54) is 11.8 Å². The lowest BCUT2D eigenvalue weighted by Gasteiger charge is -2.30. The number of fused-ring (bicyclic) bond motifs is 1. The van der Waals surface area contributed by atoms with Crippen LogP contribution in [-0.2, 0) is 14.3 Å². The molecule has 0 aliphatic carbocycles. The number of hydrogen-bond donors (Lipinski definition) is 0. The van der Waals surface area contributed by atoms with E-state index >= 15 is 0 Å². The van der Waals surface area contributed by atoms with Crippen LogP contribution in [0, 0.1) is 0 Å². The van der Waals surface area contributed by atoms with Crippen molar-refractivity contribution in [2.75, 3.05) is 26.4 Å². The van der Waals surface area contributed by atoms with Crippen molar-refractivity contribution in [1.82, 2.24) is 4.90 Å². The standard InChI is InChI=1S/C31H36N2O6S/c1-6-10-17-39-23-14-11-21(12-15-23)18-26-29(34)33-28(22-13-16-24(36-7-2)25(19-22)37-8-3)27(30(35)38-9-4)20(5)32-31(33)40-26/h11-16,18-19,31H,6-10,17H2,1-5H3/b26-18-. The number of benzene rings is 2. The van der Waals surface area contributed by atoms with Gasteiger partial charge in [0.15, 0.2) is 17.0 Å². The van der Waals surface area contributed by atoms with Gasteiger partial charge in [-0.25, -0.2) is 4.79 Å². The van der Waals surface area contributed by atoms with Crippen molar-refractivity contribution < 1.29 is 28.5 Å². The number of hydrogen-bond acceptors (Lipinski definition) is 8. The van der Waals surface area contributed by atoms with Crippen LogP contribution >= 0.6 is 11.8 Å². The van der Waals surface area contributed by atoms with Crippen LogP contribution in [0.25, 0.3) is 11.8 Å². The van der Waals surface area contributed by atoms with Crippen molar-refractivity contribution in [2.45, 2.75) is 53.0 Å². The van der Waals surface area contributed by atoms with Crippen molar-refractivity contribution in [2.24, 2.45) is 4.99 Å². The van der Waals surface area contributed by atoms with E-state index in [-0.39, 0.29) is 18.1 Å². The molecule has 1 amide bonds. The van der Waals surface area contributed by atoms with E-state index in [0.29, 0.717) is 53.2 Å². The maximum atomic E-state index is 13.9. The lowest BCUT2D eigenvalue weighted by atomic mass is 9.99. The molecule has 2 aliphatic heterocycles. The number of thioether (sulfide) groups is 1. The summed E-state index contributed by atoms with van der Waals surface area (Å²) in [6.07, 6.45) is 3.91. The molecule has 8 nitrogen and oxygen atoms in total. The van der Waals surface area contributed by atoms with Gasteiger partial charge < -0.3 is 18.9 Å². The number of carbonyl (C=O) groups excluding carboxylic acids is 2. The van der Waals surface area contributed by atoms with Gasteiger partial charge >= 0.3 is 5.97 Å². The van der Waals surface area contributed by atoms with Crippen molar-refractivity contribution in [1.29, 1.82) is 0 Å². The monoisotopic (exact) mass is 564 g/mol. The molecular weight excluding hydrogens is 528 g/mol. The maximum Gasteiger partial charge on any atom is 0.342 e. The molecule has 9 heteroatoms. The lowest BCUT2D eigenvalue weighted by Crippen LogP contribution is -2.37. The Balaban J connectivity index is 1.74. The zero-order chi connectivity index (χ0) is 28.6. The maximum absolute atomic E-state index is 13.9. The summed E-state index contributed by atoms with van der Waals surface area (Å²) >= 11 is 1.35.